The van der Waals surface area contributed by atoms with Gasteiger partial charge in [-0.05, 0) is 61.7 Å². The Morgan fingerprint density at radius 3 is 2.88 bits per heavy atom. The molecular weight excluding hydrogens is 254 g/mol. The van der Waals surface area contributed by atoms with Crippen LogP contribution in [0.15, 0.2) is 12.1 Å². The Balaban J connectivity index is 2.74. The summed E-state index contributed by atoms with van der Waals surface area (Å²) < 4.78 is 5.60. The summed E-state index contributed by atoms with van der Waals surface area (Å²) in [6.45, 7) is 4.60. The number of thioether (sulfide) groups is 1. The summed E-state index contributed by atoms with van der Waals surface area (Å²) in [7, 11) is 0. The van der Waals surface area contributed by atoms with Gasteiger partial charge in [0.05, 0.1) is 6.61 Å². The Labute approximate surface area is 112 Å². The van der Waals surface area contributed by atoms with Crippen LogP contribution in [0.4, 0.5) is 0 Å². The highest BCUT2D eigenvalue weighted by molar-refractivity contribution is 8.03. The number of benzene rings is 1. The molecule has 0 spiro atoms. The first-order chi connectivity index (χ1) is 8.19. The molecule has 0 unspecified atom stereocenters. The van der Waals surface area contributed by atoms with Gasteiger partial charge in [0.1, 0.15) is 11.2 Å². The third-order valence-electron chi connectivity index (χ3n) is 2.40. The zero-order valence-corrected chi connectivity index (χ0v) is 11.7. The molecule has 0 saturated heterocycles. The Kier molecular flexibility index (Phi) is 6.25. The standard InChI is InChI=1S/C13H16ClNOS/c1-3-16-13-7-10(2)12(14)8-11(13)5-4-6-17-9-15/h7-8H,3-6H2,1-2H3. The molecule has 0 bridgehead atoms. The average Bonchev–Trinajstić information content (AvgIpc) is 2.31. The van der Waals surface area contributed by atoms with Gasteiger partial charge in [-0.3, -0.25) is 0 Å². The predicted octanol–water partition coefficient (Wildman–Crippen LogP) is 4.19. The number of rotatable bonds is 6. The zero-order chi connectivity index (χ0) is 12.7. The molecule has 17 heavy (non-hydrogen) atoms. The fraction of sp³-hybridized carbons (Fsp3) is 0.462. The van der Waals surface area contributed by atoms with Crippen molar-refractivity contribution in [3.63, 3.8) is 0 Å². The summed E-state index contributed by atoms with van der Waals surface area (Å²) in [6, 6.07) is 3.96. The van der Waals surface area contributed by atoms with Crippen LogP contribution in [0.3, 0.4) is 0 Å². The molecular formula is C13H16ClNOS. The summed E-state index contributed by atoms with van der Waals surface area (Å²) in [6.07, 6.45) is 1.85. The maximum absolute atomic E-state index is 8.45. The molecule has 0 atom stereocenters. The van der Waals surface area contributed by atoms with Crippen molar-refractivity contribution in [1.29, 1.82) is 5.26 Å². The fourth-order valence-electron chi connectivity index (χ4n) is 1.56. The van der Waals surface area contributed by atoms with E-state index in [-0.39, 0.29) is 0 Å². The van der Waals surface area contributed by atoms with E-state index in [4.69, 9.17) is 21.6 Å². The Morgan fingerprint density at radius 2 is 2.24 bits per heavy atom. The van der Waals surface area contributed by atoms with Crippen LogP contribution in [-0.2, 0) is 6.42 Å². The van der Waals surface area contributed by atoms with Crippen molar-refractivity contribution in [2.75, 3.05) is 12.4 Å². The van der Waals surface area contributed by atoms with Gasteiger partial charge in [0.15, 0.2) is 0 Å². The summed E-state index contributed by atoms with van der Waals surface area (Å²) in [4.78, 5) is 0. The minimum atomic E-state index is 0.654. The average molecular weight is 270 g/mol. The Hall–Kier alpha value is -0.850. The van der Waals surface area contributed by atoms with Crippen LogP contribution >= 0.6 is 23.4 Å². The molecule has 0 aliphatic rings. The zero-order valence-electron chi connectivity index (χ0n) is 10.1. The maximum Gasteiger partial charge on any atom is 0.133 e. The molecule has 0 radical (unpaired) electrons. The normalized spacial score (nSPS) is 10.0. The van der Waals surface area contributed by atoms with Crippen molar-refractivity contribution in [2.45, 2.75) is 26.7 Å². The van der Waals surface area contributed by atoms with E-state index >= 15 is 0 Å². The van der Waals surface area contributed by atoms with Gasteiger partial charge in [-0.15, -0.1) is 0 Å². The molecule has 0 aliphatic carbocycles. The molecule has 2 nitrogen and oxygen atoms in total. The first-order valence-electron chi connectivity index (χ1n) is 5.61. The van der Waals surface area contributed by atoms with Crippen LogP contribution in [0.2, 0.25) is 5.02 Å². The first-order valence-corrected chi connectivity index (χ1v) is 6.98. The Bertz CT molecular complexity index is 415. The minimum absolute atomic E-state index is 0.654. The largest absolute Gasteiger partial charge is 0.494 e. The van der Waals surface area contributed by atoms with Crippen LogP contribution in [0.1, 0.15) is 24.5 Å². The fourth-order valence-corrected chi connectivity index (χ4v) is 2.13. The SMILES string of the molecule is CCOc1cc(C)c(Cl)cc1CCCSC#N. The van der Waals surface area contributed by atoms with Crippen LogP contribution in [0.5, 0.6) is 5.75 Å². The van der Waals surface area contributed by atoms with E-state index in [1.54, 1.807) is 0 Å². The van der Waals surface area contributed by atoms with E-state index in [1.165, 1.54) is 11.8 Å². The second-order valence-electron chi connectivity index (χ2n) is 3.69. The third-order valence-corrected chi connectivity index (χ3v) is 3.43. The molecule has 0 aliphatic heterocycles. The second kappa shape index (κ2) is 7.47. The second-order valence-corrected chi connectivity index (χ2v) is 4.97. The molecule has 0 amide bonds. The van der Waals surface area contributed by atoms with E-state index in [9.17, 15) is 0 Å². The number of nitriles is 1. The van der Waals surface area contributed by atoms with Gasteiger partial charge in [0.25, 0.3) is 0 Å². The van der Waals surface area contributed by atoms with Crippen LogP contribution < -0.4 is 4.74 Å². The van der Waals surface area contributed by atoms with E-state index < -0.39 is 0 Å². The van der Waals surface area contributed by atoms with Crippen LogP contribution in [0, 0.1) is 17.6 Å². The highest BCUT2D eigenvalue weighted by atomic mass is 35.5. The van der Waals surface area contributed by atoms with Gasteiger partial charge in [0.2, 0.25) is 0 Å². The molecule has 0 fully saturated rings. The maximum atomic E-state index is 8.45. The number of halogens is 1. The lowest BCUT2D eigenvalue weighted by molar-refractivity contribution is 0.336. The molecule has 0 saturated carbocycles. The van der Waals surface area contributed by atoms with Crippen molar-refractivity contribution in [1.82, 2.24) is 0 Å². The van der Waals surface area contributed by atoms with Crippen molar-refractivity contribution in [3.8, 4) is 11.2 Å². The Morgan fingerprint density at radius 1 is 1.47 bits per heavy atom. The summed E-state index contributed by atoms with van der Waals surface area (Å²) >= 11 is 7.40. The van der Waals surface area contributed by atoms with E-state index in [0.717, 1.165) is 40.5 Å². The molecule has 1 aromatic rings. The number of thiocyanates is 1. The summed E-state index contributed by atoms with van der Waals surface area (Å²) in [5.41, 5.74) is 2.16. The molecule has 0 aromatic heterocycles. The molecule has 0 heterocycles. The van der Waals surface area contributed by atoms with Crippen LogP contribution in [0.25, 0.3) is 0 Å². The van der Waals surface area contributed by atoms with Crippen molar-refractivity contribution in [3.05, 3.63) is 28.3 Å². The van der Waals surface area contributed by atoms with Gasteiger partial charge in [-0.25, -0.2) is 0 Å². The van der Waals surface area contributed by atoms with Crippen molar-refractivity contribution < 1.29 is 4.74 Å². The predicted molar refractivity (Wildman–Crippen MR) is 73.8 cm³/mol. The monoisotopic (exact) mass is 269 g/mol. The first kappa shape index (κ1) is 14.2. The smallest absolute Gasteiger partial charge is 0.133 e. The van der Waals surface area contributed by atoms with E-state index in [2.05, 4.69) is 5.40 Å². The number of ether oxygens (including phenoxy) is 1. The topological polar surface area (TPSA) is 33.0 Å². The summed E-state index contributed by atoms with van der Waals surface area (Å²) in [5.74, 6) is 1.75. The highest BCUT2D eigenvalue weighted by Crippen LogP contribution is 2.28. The molecule has 4 heteroatoms. The lowest BCUT2D eigenvalue weighted by Crippen LogP contribution is -1.98. The third kappa shape index (κ3) is 4.49. The summed E-state index contributed by atoms with van der Waals surface area (Å²) in [5, 5.41) is 11.3. The van der Waals surface area contributed by atoms with Crippen molar-refractivity contribution >= 4 is 23.4 Å². The molecule has 92 valence electrons. The van der Waals surface area contributed by atoms with Gasteiger partial charge in [0, 0.05) is 10.8 Å². The van der Waals surface area contributed by atoms with Gasteiger partial charge in [-0.2, -0.15) is 5.26 Å². The molecule has 1 aromatic carbocycles. The lowest BCUT2D eigenvalue weighted by atomic mass is 10.1. The van der Waals surface area contributed by atoms with E-state index in [0.29, 0.717) is 6.61 Å². The highest BCUT2D eigenvalue weighted by Gasteiger charge is 2.07. The van der Waals surface area contributed by atoms with Gasteiger partial charge < -0.3 is 4.74 Å². The molecule has 1 rings (SSSR count). The quantitative estimate of drug-likeness (QED) is 0.573. The number of hydrogen-bond donors (Lipinski definition) is 0. The van der Waals surface area contributed by atoms with Crippen molar-refractivity contribution in [2.24, 2.45) is 0 Å². The van der Waals surface area contributed by atoms with Crippen LogP contribution in [-0.4, -0.2) is 12.4 Å². The number of nitrogens with zero attached hydrogens (tertiary/aromatic N) is 1. The lowest BCUT2D eigenvalue weighted by Gasteiger charge is -2.12. The van der Waals surface area contributed by atoms with E-state index in [1.807, 2.05) is 26.0 Å². The number of hydrogen-bond acceptors (Lipinski definition) is 3. The van der Waals surface area contributed by atoms with Gasteiger partial charge >= 0.3 is 0 Å². The molecule has 0 N–H and O–H groups in total. The minimum Gasteiger partial charge on any atom is -0.494 e. The number of aryl methyl sites for hydroxylation is 2. The van der Waals surface area contributed by atoms with Gasteiger partial charge in [-0.1, -0.05) is 11.6 Å².